The molecule has 0 saturated heterocycles. The summed E-state index contributed by atoms with van der Waals surface area (Å²) >= 11 is 5.73. The van der Waals surface area contributed by atoms with Crippen molar-refractivity contribution < 1.29 is 14.1 Å². The van der Waals surface area contributed by atoms with Crippen LogP contribution in [0.4, 0.5) is 5.69 Å². The van der Waals surface area contributed by atoms with E-state index in [9.17, 15) is 10.1 Å². The van der Waals surface area contributed by atoms with Crippen LogP contribution in [0.3, 0.4) is 0 Å². The van der Waals surface area contributed by atoms with Crippen LogP contribution in [-0.4, -0.2) is 31.4 Å². The van der Waals surface area contributed by atoms with Crippen molar-refractivity contribution >= 4 is 25.6 Å². The number of rotatable bonds is 6. The SMILES string of the molecule is CC(C)(C)[Si](C)(C)OCCOc1nc(Cl)ccc1[N+](=O)[O-]. The molecule has 0 aliphatic carbocycles. The molecule has 0 aromatic carbocycles. The second-order valence-corrected chi connectivity index (χ2v) is 11.4. The number of hydrogen-bond acceptors (Lipinski definition) is 5. The van der Waals surface area contributed by atoms with Gasteiger partial charge in [-0.15, -0.1) is 0 Å². The quantitative estimate of drug-likeness (QED) is 0.258. The predicted octanol–water partition coefficient (Wildman–Crippen LogP) is 4.04. The maximum atomic E-state index is 10.9. The van der Waals surface area contributed by atoms with E-state index in [1.54, 1.807) is 0 Å². The minimum atomic E-state index is -1.85. The van der Waals surface area contributed by atoms with Crippen LogP contribution < -0.4 is 4.74 Å². The normalized spacial score (nSPS) is 12.3. The molecule has 0 atom stereocenters. The highest BCUT2D eigenvalue weighted by Crippen LogP contribution is 2.36. The molecule has 0 bridgehead atoms. The van der Waals surface area contributed by atoms with Crippen molar-refractivity contribution in [1.29, 1.82) is 0 Å². The molecule has 21 heavy (non-hydrogen) atoms. The first kappa shape index (κ1) is 17.9. The fraction of sp³-hybridized carbons (Fsp3) is 0.615. The highest BCUT2D eigenvalue weighted by molar-refractivity contribution is 6.74. The summed E-state index contributed by atoms with van der Waals surface area (Å²) in [6.45, 7) is 11.2. The molecule has 1 heterocycles. The average Bonchev–Trinajstić information content (AvgIpc) is 2.33. The van der Waals surface area contributed by atoms with Gasteiger partial charge in [-0.3, -0.25) is 10.1 Å². The van der Waals surface area contributed by atoms with Crippen molar-refractivity contribution in [3.05, 3.63) is 27.4 Å². The molecule has 0 N–H and O–H groups in total. The van der Waals surface area contributed by atoms with E-state index in [2.05, 4.69) is 38.8 Å². The van der Waals surface area contributed by atoms with Gasteiger partial charge in [-0.05, 0) is 24.2 Å². The van der Waals surface area contributed by atoms with Crippen molar-refractivity contribution in [3.63, 3.8) is 0 Å². The molecular formula is C13H21ClN2O4Si. The lowest BCUT2D eigenvalue weighted by atomic mass is 10.2. The van der Waals surface area contributed by atoms with Gasteiger partial charge in [0.15, 0.2) is 8.32 Å². The van der Waals surface area contributed by atoms with Crippen LogP contribution >= 0.6 is 11.6 Å². The van der Waals surface area contributed by atoms with E-state index >= 15 is 0 Å². The molecule has 0 amide bonds. The Hall–Kier alpha value is -1.18. The Morgan fingerprint density at radius 2 is 1.95 bits per heavy atom. The van der Waals surface area contributed by atoms with Gasteiger partial charge >= 0.3 is 5.69 Å². The lowest BCUT2D eigenvalue weighted by Gasteiger charge is -2.36. The molecule has 0 fully saturated rings. The van der Waals surface area contributed by atoms with Gasteiger partial charge in [0.25, 0.3) is 5.88 Å². The summed E-state index contributed by atoms with van der Waals surface area (Å²) in [5.74, 6) is -0.0775. The van der Waals surface area contributed by atoms with Crippen molar-refractivity contribution in [1.82, 2.24) is 4.98 Å². The van der Waals surface area contributed by atoms with Crippen LogP contribution in [0, 0.1) is 10.1 Å². The van der Waals surface area contributed by atoms with Crippen molar-refractivity contribution in [2.75, 3.05) is 13.2 Å². The van der Waals surface area contributed by atoms with Gasteiger partial charge in [-0.1, -0.05) is 32.4 Å². The second-order valence-electron chi connectivity index (χ2n) is 6.17. The first-order chi connectivity index (χ1) is 9.54. The molecule has 1 rings (SSSR count). The van der Waals surface area contributed by atoms with Crippen LogP contribution in [-0.2, 0) is 4.43 Å². The smallest absolute Gasteiger partial charge is 0.331 e. The van der Waals surface area contributed by atoms with Gasteiger partial charge in [-0.25, -0.2) is 0 Å². The van der Waals surface area contributed by atoms with Crippen LogP contribution in [0.15, 0.2) is 12.1 Å². The Balaban J connectivity index is 2.61. The molecule has 0 spiro atoms. The number of nitro groups is 1. The maximum Gasteiger partial charge on any atom is 0.331 e. The van der Waals surface area contributed by atoms with E-state index in [1.165, 1.54) is 12.1 Å². The van der Waals surface area contributed by atoms with Crippen LogP contribution in [0.1, 0.15) is 20.8 Å². The third-order valence-corrected chi connectivity index (χ3v) is 8.34. The maximum absolute atomic E-state index is 10.9. The van der Waals surface area contributed by atoms with Crippen LogP contribution in [0.2, 0.25) is 23.3 Å². The Kier molecular flexibility index (Phi) is 5.72. The van der Waals surface area contributed by atoms with Crippen molar-refractivity contribution in [2.24, 2.45) is 0 Å². The summed E-state index contributed by atoms with van der Waals surface area (Å²) in [5.41, 5.74) is -0.202. The Morgan fingerprint density at radius 3 is 2.48 bits per heavy atom. The number of nitrogens with zero attached hydrogens (tertiary/aromatic N) is 2. The van der Waals surface area contributed by atoms with Crippen LogP contribution in [0.5, 0.6) is 5.88 Å². The zero-order valence-electron chi connectivity index (χ0n) is 13.0. The molecule has 0 aliphatic heterocycles. The van der Waals surface area contributed by atoms with Gasteiger partial charge in [-0.2, -0.15) is 4.98 Å². The van der Waals surface area contributed by atoms with Crippen molar-refractivity contribution in [2.45, 2.75) is 38.9 Å². The summed E-state index contributed by atoms with van der Waals surface area (Å²) in [4.78, 5) is 14.2. The molecule has 8 heteroatoms. The van der Waals surface area contributed by atoms with Crippen LogP contribution in [0.25, 0.3) is 0 Å². The van der Waals surface area contributed by atoms with E-state index in [0.717, 1.165) is 0 Å². The summed E-state index contributed by atoms with van der Waals surface area (Å²) in [6.07, 6.45) is 0. The summed E-state index contributed by atoms with van der Waals surface area (Å²) in [6, 6.07) is 2.64. The van der Waals surface area contributed by atoms with E-state index in [0.29, 0.717) is 6.61 Å². The molecule has 0 saturated carbocycles. The molecule has 6 nitrogen and oxygen atoms in total. The third kappa shape index (κ3) is 4.94. The van der Waals surface area contributed by atoms with Gasteiger partial charge in [0.2, 0.25) is 0 Å². The third-order valence-electron chi connectivity index (χ3n) is 3.59. The number of halogens is 1. The largest absolute Gasteiger partial charge is 0.470 e. The Labute approximate surface area is 130 Å². The highest BCUT2D eigenvalue weighted by atomic mass is 35.5. The first-order valence-corrected chi connectivity index (χ1v) is 9.91. The Bertz CT molecular complexity index is 517. The molecule has 0 radical (unpaired) electrons. The topological polar surface area (TPSA) is 74.5 Å². The predicted molar refractivity (Wildman–Crippen MR) is 84.5 cm³/mol. The van der Waals surface area contributed by atoms with Gasteiger partial charge in [0.1, 0.15) is 11.8 Å². The Morgan fingerprint density at radius 1 is 1.33 bits per heavy atom. The van der Waals surface area contributed by atoms with Gasteiger partial charge in [0.05, 0.1) is 11.5 Å². The zero-order chi connectivity index (χ0) is 16.3. The molecule has 118 valence electrons. The minimum Gasteiger partial charge on any atom is -0.470 e. The zero-order valence-corrected chi connectivity index (χ0v) is 14.7. The van der Waals surface area contributed by atoms with E-state index in [-0.39, 0.29) is 28.4 Å². The lowest BCUT2D eigenvalue weighted by Crippen LogP contribution is -2.41. The summed E-state index contributed by atoms with van der Waals surface area (Å²) < 4.78 is 11.3. The molecular weight excluding hydrogens is 312 g/mol. The van der Waals surface area contributed by atoms with E-state index in [4.69, 9.17) is 20.8 Å². The minimum absolute atomic E-state index is 0.0775. The monoisotopic (exact) mass is 332 g/mol. The summed E-state index contributed by atoms with van der Waals surface area (Å²) in [5, 5.41) is 11.1. The van der Waals surface area contributed by atoms with E-state index in [1.807, 2.05) is 0 Å². The number of hydrogen-bond donors (Lipinski definition) is 0. The molecule has 0 aliphatic rings. The average molecular weight is 333 g/mol. The second kappa shape index (κ2) is 6.72. The fourth-order valence-electron chi connectivity index (χ4n) is 1.31. The molecule has 0 unspecified atom stereocenters. The number of pyridine rings is 1. The molecule has 1 aromatic heterocycles. The first-order valence-electron chi connectivity index (χ1n) is 6.62. The lowest BCUT2D eigenvalue weighted by molar-refractivity contribution is -0.386. The van der Waals surface area contributed by atoms with Crippen molar-refractivity contribution in [3.8, 4) is 5.88 Å². The highest BCUT2D eigenvalue weighted by Gasteiger charge is 2.36. The fourth-order valence-corrected chi connectivity index (χ4v) is 2.47. The van der Waals surface area contributed by atoms with E-state index < -0.39 is 13.2 Å². The number of ether oxygens (including phenoxy) is 1. The number of aromatic nitrogens is 1. The molecule has 1 aromatic rings. The standard InChI is InChI=1S/C13H21ClN2O4Si/c1-13(2,3)21(4,5)20-9-8-19-12-10(16(17)18)6-7-11(14)15-12/h6-7H,8-9H2,1-5H3. The van der Waals surface area contributed by atoms with Gasteiger partial charge in [0, 0.05) is 6.07 Å². The van der Waals surface area contributed by atoms with Gasteiger partial charge < -0.3 is 9.16 Å². The summed E-state index contributed by atoms with van der Waals surface area (Å²) in [7, 11) is -1.85.